The Bertz CT molecular complexity index is 897. The third kappa shape index (κ3) is 2.36. The topological polar surface area (TPSA) is 76.5 Å². The molecule has 7 nitrogen and oxygen atoms in total. The van der Waals surface area contributed by atoms with Crippen LogP contribution in [0, 0.1) is 13.8 Å². The maximum absolute atomic E-state index is 12.9. The van der Waals surface area contributed by atoms with Gasteiger partial charge in [-0.15, -0.1) is 0 Å². The van der Waals surface area contributed by atoms with Crippen LogP contribution in [0.3, 0.4) is 0 Å². The average Bonchev–Trinajstić information content (AvgIpc) is 3.23. The molecule has 1 saturated heterocycles. The van der Waals surface area contributed by atoms with Gasteiger partial charge in [0.05, 0.1) is 23.6 Å². The summed E-state index contributed by atoms with van der Waals surface area (Å²) < 4.78 is 7.11. The summed E-state index contributed by atoms with van der Waals surface area (Å²) in [5.41, 5.74) is 3.35. The summed E-state index contributed by atoms with van der Waals surface area (Å²) in [7, 11) is 0. The maximum atomic E-state index is 12.9. The molecule has 1 amide bonds. The number of aryl methyl sites for hydroxylation is 2. The van der Waals surface area contributed by atoms with Crippen LogP contribution >= 0.6 is 0 Å². The van der Waals surface area contributed by atoms with Gasteiger partial charge in [-0.05, 0) is 39.2 Å². The van der Waals surface area contributed by atoms with Gasteiger partial charge < -0.3 is 9.32 Å². The molecular weight excluding hydrogens is 306 g/mol. The van der Waals surface area contributed by atoms with Gasteiger partial charge in [-0.1, -0.05) is 0 Å². The number of amides is 1. The zero-order valence-corrected chi connectivity index (χ0v) is 13.8. The molecule has 1 unspecified atom stereocenters. The molecule has 4 heterocycles. The van der Waals surface area contributed by atoms with Gasteiger partial charge in [-0.25, -0.2) is 14.5 Å². The van der Waals surface area contributed by atoms with Crippen molar-refractivity contribution in [2.75, 3.05) is 6.54 Å². The lowest BCUT2D eigenvalue weighted by molar-refractivity contribution is 0.0572. The molecule has 4 rings (SSSR count). The van der Waals surface area contributed by atoms with E-state index in [1.165, 1.54) is 6.39 Å². The minimum absolute atomic E-state index is 0.0469. The van der Waals surface area contributed by atoms with Crippen LogP contribution in [-0.2, 0) is 0 Å². The molecule has 3 aromatic rings. The molecule has 7 heteroatoms. The standard InChI is InChI=1S/C17H19N5O2/c1-11-9-13(20-15-6-7-19-22(11)15)14-5-3-4-8-21(14)17(23)16-12(2)18-10-24-16/h6-7,9-10,14H,3-5,8H2,1-2H3. The van der Waals surface area contributed by atoms with Crippen LogP contribution in [0.4, 0.5) is 0 Å². The summed E-state index contributed by atoms with van der Waals surface area (Å²) in [5.74, 6) is 0.214. The Labute approximate surface area is 139 Å². The number of carbonyl (C=O) groups is 1. The van der Waals surface area contributed by atoms with Gasteiger partial charge in [0.15, 0.2) is 12.0 Å². The van der Waals surface area contributed by atoms with Crippen molar-refractivity contribution in [2.24, 2.45) is 0 Å². The molecule has 3 aromatic heterocycles. The highest BCUT2D eigenvalue weighted by Gasteiger charge is 2.32. The lowest BCUT2D eigenvalue weighted by Gasteiger charge is -2.35. The minimum Gasteiger partial charge on any atom is -0.438 e. The predicted octanol–water partition coefficient (Wildman–Crippen LogP) is 2.70. The van der Waals surface area contributed by atoms with Gasteiger partial charge in [-0.3, -0.25) is 4.79 Å². The van der Waals surface area contributed by atoms with Gasteiger partial charge in [0.25, 0.3) is 5.91 Å². The number of oxazole rings is 1. The van der Waals surface area contributed by atoms with E-state index < -0.39 is 0 Å². The van der Waals surface area contributed by atoms with Crippen molar-refractivity contribution in [1.29, 1.82) is 0 Å². The molecule has 0 saturated carbocycles. The van der Waals surface area contributed by atoms with Crippen molar-refractivity contribution in [3.63, 3.8) is 0 Å². The van der Waals surface area contributed by atoms with Gasteiger partial charge in [0.2, 0.25) is 5.76 Å². The Morgan fingerprint density at radius 3 is 3.00 bits per heavy atom. The monoisotopic (exact) mass is 325 g/mol. The quantitative estimate of drug-likeness (QED) is 0.724. The van der Waals surface area contributed by atoms with Crippen LogP contribution in [0.25, 0.3) is 5.65 Å². The number of fused-ring (bicyclic) bond motifs is 1. The molecule has 1 atom stereocenters. The Morgan fingerprint density at radius 2 is 2.21 bits per heavy atom. The molecule has 0 bridgehead atoms. The molecule has 1 aliphatic heterocycles. The van der Waals surface area contributed by atoms with Gasteiger partial charge in [-0.2, -0.15) is 5.10 Å². The van der Waals surface area contributed by atoms with Crippen LogP contribution in [0.1, 0.15) is 52.9 Å². The second kappa shape index (κ2) is 5.74. The summed E-state index contributed by atoms with van der Waals surface area (Å²) in [6.45, 7) is 4.49. The van der Waals surface area contributed by atoms with Crippen LogP contribution in [0.5, 0.6) is 0 Å². The number of piperidine rings is 1. The Morgan fingerprint density at radius 1 is 1.33 bits per heavy atom. The van der Waals surface area contributed by atoms with Crippen molar-refractivity contribution >= 4 is 11.6 Å². The lowest BCUT2D eigenvalue weighted by atomic mass is 9.98. The number of carbonyl (C=O) groups excluding carboxylic acids is 1. The highest BCUT2D eigenvalue weighted by Crippen LogP contribution is 2.32. The third-order valence-electron chi connectivity index (χ3n) is 4.60. The van der Waals surface area contributed by atoms with Gasteiger partial charge in [0, 0.05) is 18.3 Å². The molecule has 1 fully saturated rings. The number of nitrogens with zero attached hydrogens (tertiary/aromatic N) is 5. The first-order valence-electron chi connectivity index (χ1n) is 8.17. The van der Waals surface area contributed by atoms with Crippen LogP contribution in [0.15, 0.2) is 29.1 Å². The van der Waals surface area contributed by atoms with E-state index in [1.807, 2.05) is 24.0 Å². The van der Waals surface area contributed by atoms with Gasteiger partial charge >= 0.3 is 0 Å². The highest BCUT2D eigenvalue weighted by molar-refractivity contribution is 5.92. The van der Waals surface area contributed by atoms with E-state index in [2.05, 4.69) is 10.1 Å². The lowest BCUT2D eigenvalue weighted by Crippen LogP contribution is -2.39. The molecule has 0 radical (unpaired) electrons. The number of hydrogen-bond acceptors (Lipinski definition) is 5. The molecule has 0 spiro atoms. The molecule has 0 N–H and O–H groups in total. The Balaban J connectivity index is 1.73. The minimum atomic E-state index is -0.109. The number of likely N-dealkylation sites (tertiary alicyclic amines) is 1. The zero-order chi connectivity index (χ0) is 16.7. The molecule has 1 aliphatic rings. The fourth-order valence-electron chi connectivity index (χ4n) is 3.38. The SMILES string of the molecule is Cc1ncoc1C(=O)N1CCCCC1c1cc(C)n2nccc2n1. The van der Waals surface area contributed by atoms with Crippen molar-refractivity contribution in [1.82, 2.24) is 24.5 Å². The smallest absolute Gasteiger partial charge is 0.292 e. The first-order chi connectivity index (χ1) is 11.6. The third-order valence-corrected chi connectivity index (χ3v) is 4.60. The first-order valence-corrected chi connectivity index (χ1v) is 8.17. The number of hydrogen-bond donors (Lipinski definition) is 0. The second-order valence-corrected chi connectivity index (χ2v) is 6.20. The normalized spacial score (nSPS) is 18.2. The number of aromatic nitrogens is 4. The van der Waals surface area contributed by atoms with Crippen LogP contribution in [-0.4, -0.2) is 36.9 Å². The molecule has 124 valence electrons. The van der Waals surface area contributed by atoms with Crippen molar-refractivity contribution in [3.8, 4) is 0 Å². The Hall–Kier alpha value is -2.70. The van der Waals surface area contributed by atoms with E-state index in [0.29, 0.717) is 18.0 Å². The number of rotatable bonds is 2. The molecule has 0 aromatic carbocycles. The first kappa shape index (κ1) is 14.9. The van der Waals surface area contributed by atoms with E-state index in [4.69, 9.17) is 9.40 Å². The average molecular weight is 325 g/mol. The van der Waals surface area contributed by atoms with E-state index in [1.54, 1.807) is 17.6 Å². The molecule has 0 aliphatic carbocycles. The second-order valence-electron chi connectivity index (χ2n) is 6.20. The Kier molecular flexibility index (Phi) is 3.55. The highest BCUT2D eigenvalue weighted by atomic mass is 16.3. The van der Waals surface area contributed by atoms with Crippen LogP contribution in [0.2, 0.25) is 0 Å². The summed E-state index contributed by atoms with van der Waals surface area (Å²) in [6, 6.07) is 3.85. The fourth-order valence-corrected chi connectivity index (χ4v) is 3.38. The molecule has 24 heavy (non-hydrogen) atoms. The van der Waals surface area contributed by atoms with E-state index in [0.717, 1.165) is 36.3 Å². The van der Waals surface area contributed by atoms with Crippen LogP contribution < -0.4 is 0 Å². The summed E-state index contributed by atoms with van der Waals surface area (Å²) in [5, 5.41) is 4.26. The predicted molar refractivity (Wildman–Crippen MR) is 86.6 cm³/mol. The fraction of sp³-hybridized carbons (Fsp3) is 0.412. The van der Waals surface area contributed by atoms with E-state index in [9.17, 15) is 4.79 Å². The van der Waals surface area contributed by atoms with E-state index in [-0.39, 0.29) is 11.9 Å². The van der Waals surface area contributed by atoms with Gasteiger partial charge in [0.1, 0.15) is 0 Å². The zero-order valence-electron chi connectivity index (χ0n) is 13.8. The summed E-state index contributed by atoms with van der Waals surface area (Å²) >= 11 is 0. The van der Waals surface area contributed by atoms with E-state index >= 15 is 0 Å². The summed E-state index contributed by atoms with van der Waals surface area (Å²) in [4.78, 5) is 23.5. The van der Waals surface area contributed by atoms with Crippen molar-refractivity contribution in [2.45, 2.75) is 39.2 Å². The molecular formula is C17H19N5O2. The maximum Gasteiger partial charge on any atom is 0.292 e. The summed E-state index contributed by atoms with van der Waals surface area (Å²) in [6.07, 6.45) is 6.02. The largest absolute Gasteiger partial charge is 0.438 e. The van der Waals surface area contributed by atoms with Crippen molar-refractivity contribution in [3.05, 3.63) is 47.6 Å². The van der Waals surface area contributed by atoms with Crippen molar-refractivity contribution < 1.29 is 9.21 Å².